The first-order valence-corrected chi connectivity index (χ1v) is 12.2. The van der Waals surface area contributed by atoms with Gasteiger partial charge in [0.2, 0.25) is 0 Å². The van der Waals surface area contributed by atoms with Gasteiger partial charge in [-0.15, -0.1) is 0 Å². The second-order valence-electron chi connectivity index (χ2n) is 10.7. The molecular formula is C26H44O3. The minimum absolute atomic E-state index is 0.0471. The predicted molar refractivity (Wildman–Crippen MR) is 119 cm³/mol. The van der Waals surface area contributed by atoms with Crippen molar-refractivity contribution in [3.63, 3.8) is 0 Å². The van der Waals surface area contributed by atoms with Gasteiger partial charge in [-0.2, -0.15) is 0 Å². The van der Waals surface area contributed by atoms with E-state index in [0.717, 1.165) is 12.8 Å². The molecule has 0 bridgehead atoms. The van der Waals surface area contributed by atoms with Gasteiger partial charge in [0.1, 0.15) is 5.78 Å². The lowest BCUT2D eigenvalue weighted by Crippen LogP contribution is -2.64. The zero-order valence-electron chi connectivity index (χ0n) is 20.0. The van der Waals surface area contributed by atoms with Crippen LogP contribution < -0.4 is 0 Å². The molecule has 0 N–H and O–H groups in total. The maximum Gasteiger partial charge on any atom is 0.171 e. The molecule has 3 unspecified atom stereocenters. The minimum Gasteiger partial charge on any atom is -0.349 e. The number of rotatable bonds is 2. The maximum atomic E-state index is 13.6. The lowest BCUT2D eigenvalue weighted by Gasteiger charge is -2.60. The average molecular weight is 405 g/mol. The molecule has 3 heteroatoms. The van der Waals surface area contributed by atoms with Crippen molar-refractivity contribution in [3.05, 3.63) is 11.6 Å². The number of fused-ring (bicyclic) bond motifs is 3. The van der Waals surface area contributed by atoms with Crippen molar-refractivity contribution in [2.24, 2.45) is 34.5 Å². The largest absolute Gasteiger partial charge is 0.349 e. The van der Waals surface area contributed by atoms with Crippen LogP contribution in [0.15, 0.2) is 11.6 Å². The quantitative estimate of drug-likeness (QED) is 0.489. The van der Waals surface area contributed by atoms with E-state index in [4.69, 9.17) is 9.47 Å². The molecule has 0 amide bonds. The summed E-state index contributed by atoms with van der Waals surface area (Å²) in [6.07, 6.45) is 10.0. The molecule has 0 radical (unpaired) electrons. The van der Waals surface area contributed by atoms with E-state index in [2.05, 4.69) is 40.7 Å². The summed E-state index contributed by atoms with van der Waals surface area (Å²) in [6.45, 7) is 16.5. The van der Waals surface area contributed by atoms with Gasteiger partial charge in [-0.05, 0) is 63.2 Å². The number of ketones is 1. The van der Waals surface area contributed by atoms with Gasteiger partial charge >= 0.3 is 0 Å². The lowest BCUT2D eigenvalue weighted by atomic mass is 9.48. The van der Waals surface area contributed by atoms with Gasteiger partial charge in [0.25, 0.3) is 0 Å². The van der Waals surface area contributed by atoms with Crippen LogP contribution in [0.2, 0.25) is 0 Å². The zero-order chi connectivity index (χ0) is 21.4. The van der Waals surface area contributed by atoms with Crippen molar-refractivity contribution in [2.45, 2.75) is 99.2 Å². The van der Waals surface area contributed by atoms with Crippen LogP contribution in [0.25, 0.3) is 0 Å². The van der Waals surface area contributed by atoms with Gasteiger partial charge in [0.05, 0.1) is 13.2 Å². The lowest BCUT2D eigenvalue weighted by molar-refractivity contribution is -0.355. The normalized spacial score (nSPS) is 40.7. The van der Waals surface area contributed by atoms with E-state index < -0.39 is 5.79 Å². The van der Waals surface area contributed by atoms with E-state index in [1.54, 1.807) is 5.57 Å². The molecule has 3 fully saturated rings. The predicted octanol–water partition coefficient (Wildman–Crippen LogP) is 6.56. The van der Waals surface area contributed by atoms with Crippen molar-refractivity contribution in [1.29, 1.82) is 0 Å². The van der Waals surface area contributed by atoms with Crippen LogP contribution in [0.5, 0.6) is 0 Å². The number of ether oxygens (including phenoxy) is 2. The molecule has 3 nitrogen and oxygen atoms in total. The summed E-state index contributed by atoms with van der Waals surface area (Å²) < 4.78 is 12.9. The number of hydrogen-bond donors (Lipinski definition) is 0. The Hall–Kier alpha value is -0.670. The van der Waals surface area contributed by atoms with Crippen LogP contribution in [0.3, 0.4) is 0 Å². The summed E-state index contributed by atoms with van der Waals surface area (Å²) >= 11 is 0. The highest BCUT2D eigenvalue weighted by molar-refractivity contribution is 5.84. The SMILES string of the molecule is CC.CCC1(C2(C)OCC(C)(C)CO2)CC(=O)[C@@H]2C3CCCC=C3CCC2[C@@H]1C. The summed E-state index contributed by atoms with van der Waals surface area (Å²) in [5.74, 6) is 1.51. The van der Waals surface area contributed by atoms with Crippen molar-refractivity contribution < 1.29 is 14.3 Å². The fourth-order valence-electron chi connectivity index (χ4n) is 6.87. The summed E-state index contributed by atoms with van der Waals surface area (Å²) in [5.41, 5.74) is 1.42. The van der Waals surface area contributed by atoms with Crippen molar-refractivity contribution >= 4 is 5.78 Å². The molecule has 0 aromatic rings. The number of hydrogen-bond acceptors (Lipinski definition) is 3. The van der Waals surface area contributed by atoms with E-state index in [1.165, 1.54) is 25.7 Å². The van der Waals surface area contributed by atoms with Crippen molar-refractivity contribution in [2.75, 3.05) is 13.2 Å². The Morgan fingerprint density at radius 3 is 2.38 bits per heavy atom. The number of carbonyl (C=O) groups excluding carboxylic acids is 1. The van der Waals surface area contributed by atoms with Gasteiger partial charge in [-0.1, -0.05) is 53.2 Å². The molecule has 29 heavy (non-hydrogen) atoms. The molecule has 4 aliphatic rings. The first-order valence-electron chi connectivity index (χ1n) is 12.2. The summed E-state index contributed by atoms with van der Waals surface area (Å²) in [6, 6.07) is 0. The second kappa shape index (κ2) is 8.46. The summed E-state index contributed by atoms with van der Waals surface area (Å²) in [4.78, 5) is 13.6. The fourth-order valence-corrected chi connectivity index (χ4v) is 6.87. The van der Waals surface area contributed by atoms with Gasteiger partial charge in [0.15, 0.2) is 5.79 Å². The Bertz CT molecular complexity index is 624. The van der Waals surface area contributed by atoms with Gasteiger partial charge < -0.3 is 9.47 Å². The fraction of sp³-hybridized carbons (Fsp3) is 0.885. The monoisotopic (exact) mass is 404 g/mol. The van der Waals surface area contributed by atoms with Crippen LogP contribution in [-0.2, 0) is 14.3 Å². The Morgan fingerprint density at radius 1 is 1.10 bits per heavy atom. The molecule has 0 spiro atoms. The molecule has 0 aromatic carbocycles. The molecule has 2 saturated carbocycles. The summed E-state index contributed by atoms with van der Waals surface area (Å²) in [7, 11) is 0. The van der Waals surface area contributed by atoms with Gasteiger partial charge in [-0.3, -0.25) is 4.79 Å². The first kappa shape index (κ1) is 23.0. The molecular weight excluding hydrogens is 360 g/mol. The van der Waals surface area contributed by atoms with E-state index >= 15 is 0 Å². The first-order chi connectivity index (χ1) is 13.7. The van der Waals surface area contributed by atoms with E-state index in [0.29, 0.717) is 43.2 Å². The van der Waals surface area contributed by atoms with E-state index in [1.807, 2.05) is 13.8 Å². The Labute approximate surface area is 179 Å². The molecule has 3 aliphatic carbocycles. The van der Waals surface area contributed by atoms with Crippen LogP contribution in [0.4, 0.5) is 0 Å². The van der Waals surface area contributed by atoms with Crippen LogP contribution in [-0.4, -0.2) is 24.8 Å². The topological polar surface area (TPSA) is 35.5 Å². The second-order valence-corrected chi connectivity index (χ2v) is 10.7. The third-order valence-corrected chi connectivity index (χ3v) is 8.65. The molecule has 5 atom stereocenters. The number of carbonyl (C=O) groups is 1. The molecule has 1 aliphatic heterocycles. The van der Waals surface area contributed by atoms with Crippen molar-refractivity contribution in [3.8, 4) is 0 Å². The zero-order valence-corrected chi connectivity index (χ0v) is 20.0. The van der Waals surface area contributed by atoms with Crippen LogP contribution >= 0.6 is 0 Å². The highest BCUT2D eigenvalue weighted by atomic mass is 16.7. The highest BCUT2D eigenvalue weighted by Gasteiger charge is 2.62. The Balaban J connectivity index is 0.00000117. The maximum absolute atomic E-state index is 13.6. The molecule has 1 saturated heterocycles. The van der Waals surface area contributed by atoms with E-state index in [-0.39, 0.29) is 16.7 Å². The van der Waals surface area contributed by atoms with Gasteiger partial charge in [-0.25, -0.2) is 0 Å². The van der Waals surface area contributed by atoms with Crippen LogP contribution in [0, 0.1) is 34.5 Å². The molecule has 1 heterocycles. The summed E-state index contributed by atoms with van der Waals surface area (Å²) in [5, 5.41) is 0. The van der Waals surface area contributed by atoms with Crippen LogP contribution in [0.1, 0.15) is 93.4 Å². The molecule has 0 aromatic heterocycles. The molecule has 166 valence electrons. The number of allylic oxidation sites excluding steroid dienone is 2. The third-order valence-electron chi connectivity index (χ3n) is 8.65. The molecule has 4 rings (SSSR count). The Morgan fingerprint density at radius 2 is 1.76 bits per heavy atom. The minimum atomic E-state index is -0.653. The number of Topliss-reactive ketones (excluding diaryl/α,β-unsaturated/α-hetero) is 1. The van der Waals surface area contributed by atoms with Gasteiger partial charge in [0, 0.05) is 23.2 Å². The smallest absolute Gasteiger partial charge is 0.171 e. The highest BCUT2D eigenvalue weighted by Crippen LogP contribution is 2.61. The van der Waals surface area contributed by atoms with E-state index in [9.17, 15) is 4.79 Å². The third kappa shape index (κ3) is 3.76. The standard InChI is InChI=1S/C24H38O3.C2H6/c1-6-24(23(5)26-14-22(3,4)15-27-23)13-20(25)21-18(16(24)2)12-11-17-9-7-8-10-19(17)21;1-2/h9,16,18-19,21H,6-8,10-15H2,1-5H3;1-2H3/t16-,18?,19?,21-,24?;/m0./s1. The average Bonchev–Trinajstić information content (AvgIpc) is 2.73. The van der Waals surface area contributed by atoms with Crippen molar-refractivity contribution in [1.82, 2.24) is 0 Å². The Kier molecular flexibility index (Phi) is 6.71.